The number of rotatable bonds is 6. The number of para-hydroxylation sites is 1. The quantitative estimate of drug-likeness (QED) is 0.867. The topological polar surface area (TPSA) is 85.4 Å². The first-order valence-corrected chi connectivity index (χ1v) is 9.17. The molecule has 2 rings (SSSR count). The highest BCUT2D eigenvalue weighted by Crippen LogP contribution is 2.20. The van der Waals surface area contributed by atoms with Gasteiger partial charge in [-0.05, 0) is 37.6 Å². The molecule has 2 atom stereocenters. The Morgan fingerprint density at radius 1 is 1.21 bits per heavy atom. The zero-order valence-corrected chi connectivity index (χ0v) is 14.4. The van der Waals surface area contributed by atoms with E-state index in [9.17, 15) is 13.2 Å². The molecule has 0 saturated carbocycles. The molecule has 1 aromatic heterocycles. The summed E-state index contributed by atoms with van der Waals surface area (Å²) in [6, 6.07) is 11.0. The second-order valence-corrected chi connectivity index (χ2v) is 7.48. The van der Waals surface area contributed by atoms with Crippen LogP contribution in [-0.4, -0.2) is 30.8 Å². The second kappa shape index (κ2) is 7.92. The first kappa shape index (κ1) is 17.9. The van der Waals surface area contributed by atoms with Crippen molar-refractivity contribution in [3.05, 3.63) is 54.9 Å². The average Bonchev–Trinajstić information content (AvgIpc) is 2.56. The van der Waals surface area contributed by atoms with E-state index in [1.807, 2.05) is 0 Å². The number of pyridine rings is 1. The molecule has 0 aliphatic carbocycles. The Hall–Kier alpha value is -2.41. The highest BCUT2D eigenvalue weighted by Gasteiger charge is 2.32. The largest absolute Gasteiger partial charge is 0.412 e. The number of carbonyl (C=O) groups excluding carboxylic acids is 1. The minimum Gasteiger partial charge on any atom is -0.410 e. The third-order valence-electron chi connectivity index (χ3n) is 3.62. The maximum absolute atomic E-state index is 12.7. The number of carbonyl (C=O) groups is 1. The number of ether oxygens (including phenoxy) is 1. The van der Waals surface area contributed by atoms with Gasteiger partial charge in [0, 0.05) is 18.4 Å². The molecule has 0 aliphatic heterocycles. The van der Waals surface area contributed by atoms with Crippen molar-refractivity contribution in [1.82, 2.24) is 10.3 Å². The summed E-state index contributed by atoms with van der Waals surface area (Å²) < 4.78 is 30.6. The predicted molar refractivity (Wildman–Crippen MR) is 90.6 cm³/mol. The molecule has 0 aliphatic rings. The Bertz CT molecular complexity index is 764. The minimum absolute atomic E-state index is 0.141. The van der Waals surface area contributed by atoms with E-state index in [1.54, 1.807) is 50.2 Å². The first-order chi connectivity index (χ1) is 11.4. The predicted octanol–water partition coefficient (Wildman–Crippen LogP) is 2.81. The van der Waals surface area contributed by atoms with Crippen LogP contribution in [0.25, 0.3) is 0 Å². The van der Waals surface area contributed by atoms with Crippen LogP contribution in [0.3, 0.4) is 0 Å². The van der Waals surface area contributed by atoms with Gasteiger partial charge in [-0.25, -0.2) is 13.2 Å². The van der Waals surface area contributed by atoms with E-state index in [4.69, 9.17) is 4.74 Å². The molecule has 1 amide bonds. The fraction of sp³-hybridized carbons (Fsp3) is 0.294. The number of aromatic nitrogens is 1. The summed E-state index contributed by atoms with van der Waals surface area (Å²) in [5.74, 6) is 0.394. The number of hydrogen-bond donors (Lipinski definition) is 1. The molecule has 2 aromatic rings. The number of sulfone groups is 1. The highest BCUT2D eigenvalue weighted by molar-refractivity contribution is 7.92. The maximum Gasteiger partial charge on any atom is 0.412 e. The molecule has 6 nitrogen and oxygen atoms in total. The van der Waals surface area contributed by atoms with Crippen LogP contribution in [-0.2, 0) is 9.84 Å². The van der Waals surface area contributed by atoms with E-state index in [-0.39, 0.29) is 4.90 Å². The molecule has 24 heavy (non-hydrogen) atoms. The fourth-order valence-electron chi connectivity index (χ4n) is 2.44. The van der Waals surface area contributed by atoms with Crippen LogP contribution in [0.15, 0.2) is 59.8 Å². The zero-order valence-electron chi connectivity index (χ0n) is 13.5. The summed E-state index contributed by atoms with van der Waals surface area (Å²) in [6.07, 6.45) is 2.49. The zero-order chi connectivity index (χ0) is 17.6. The number of hydrogen-bond acceptors (Lipinski definition) is 5. The molecule has 0 spiro atoms. The molecule has 1 N–H and O–H groups in total. The molecule has 7 heteroatoms. The van der Waals surface area contributed by atoms with Crippen molar-refractivity contribution in [1.29, 1.82) is 0 Å². The van der Waals surface area contributed by atoms with Gasteiger partial charge in [-0.15, -0.1) is 0 Å². The van der Waals surface area contributed by atoms with Crippen molar-refractivity contribution in [2.45, 2.75) is 36.5 Å². The van der Waals surface area contributed by atoms with E-state index < -0.39 is 27.2 Å². The van der Waals surface area contributed by atoms with Crippen LogP contribution < -0.4 is 10.1 Å². The van der Waals surface area contributed by atoms with E-state index in [1.165, 1.54) is 18.5 Å². The Kier molecular flexibility index (Phi) is 5.92. The molecule has 128 valence electrons. The van der Waals surface area contributed by atoms with Gasteiger partial charge in [0.15, 0.2) is 9.84 Å². The molecule has 0 saturated heterocycles. The van der Waals surface area contributed by atoms with E-state index in [0.717, 1.165) is 0 Å². The monoisotopic (exact) mass is 348 g/mol. The van der Waals surface area contributed by atoms with Crippen molar-refractivity contribution >= 4 is 15.9 Å². The lowest BCUT2D eigenvalue weighted by Gasteiger charge is -2.23. The summed E-state index contributed by atoms with van der Waals surface area (Å²) in [6.45, 7) is 3.41. The summed E-state index contributed by atoms with van der Waals surface area (Å²) in [7, 11) is -3.60. The fourth-order valence-corrected chi connectivity index (χ4v) is 4.31. The third kappa shape index (κ3) is 4.32. The van der Waals surface area contributed by atoms with Gasteiger partial charge in [-0.1, -0.05) is 25.1 Å². The summed E-state index contributed by atoms with van der Waals surface area (Å²) in [5.41, 5.74) is 0. The van der Waals surface area contributed by atoms with Gasteiger partial charge in [0.1, 0.15) is 5.75 Å². The maximum atomic E-state index is 12.7. The van der Waals surface area contributed by atoms with E-state index >= 15 is 0 Å². The molecule has 1 unspecified atom stereocenters. The molecule has 1 heterocycles. The number of nitrogens with zero attached hydrogens (tertiary/aromatic N) is 1. The van der Waals surface area contributed by atoms with Gasteiger partial charge in [0.05, 0.1) is 10.1 Å². The van der Waals surface area contributed by atoms with Crippen LogP contribution >= 0.6 is 0 Å². The Morgan fingerprint density at radius 2 is 1.92 bits per heavy atom. The smallest absolute Gasteiger partial charge is 0.410 e. The van der Waals surface area contributed by atoms with Crippen molar-refractivity contribution in [2.75, 3.05) is 0 Å². The minimum atomic E-state index is -3.60. The molecule has 0 bridgehead atoms. The van der Waals surface area contributed by atoms with Gasteiger partial charge >= 0.3 is 6.09 Å². The lowest BCUT2D eigenvalue weighted by molar-refractivity contribution is 0.196. The van der Waals surface area contributed by atoms with Gasteiger partial charge in [0.25, 0.3) is 0 Å². The van der Waals surface area contributed by atoms with Crippen LogP contribution in [0, 0.1) is 0 Å². The Labute approximate surface area is 141 Å². The number of nitrogens with one attached hydrogen (secondary N) is 1. The van der Waals surface area contributed by atoms with Crippen molar-refractivity contribution < 1.29 is 17.9 Å². The molecule has 0 radical (unpaired) electrons. The van der Waals surface area contributed by atoms with Crippen LogP contribution in [0.1, 0.15) is 20.3 Å². The first-order valence-electron chi connectivity index (χ1n) is 7.62. The number of benzene rings is 1. The van der Waals surface area contributed by atoms with Crippen molar-refractivity contribution in [3.8, 4) is 5.75 Å². The molecule has 0 fully saturated rings. The lowest BCUT2D eigenvalue weighted by Crippen LogP contribution is -2.45. The standard InChI is InChI=1S/C17H20N2O4S/c1-3-16(24(21,22)15-10-7-11-18-12-15)13(2)19-17(20)23-14-8-5-4-6-9-14/h4-13,16H,3H2,1-2H3,(H,19,20)/t13?,16-/m0/s1. The number of amides is 1. The Balaban J connectivity index is 2.08. The SMILES string of the molecule is CC[C@@H](C(C)NC(=O)Oc1ccccc1)S(=O)(=O)c1cccnc1. The van der Waals surface area contributed by atoms with Crippen LogP contribution in [0.5, 0.6) is 5.75 Å². The van der Waals surface area contributed by atoms with Crippen LogP contribution in [0.4, 0.5) is 4.79 Å². The van der Waals surface area contributed by atoms with Crippen molar-refractivity contribution in [3.63, 3.8) is 0 Å². The molecular formula is C17H20N2O4S. The van der Waals surface area contributed by atoms with Gasteiger partial charge in [0.2, 0.25) is 0 Å². The third-order valence-corrected chi connectivity index (χ3v) is 6.06. The normalized spacial score (nSPS) is 13.8. The molecule has 1 aromatic carbocycles. The van der Waals surface area contributed by atoms with Gasteiger partial charge in [-0.3, -0.25) is 4.98 Å². The summed E-state index contributed by atoms with van der Waals surface area (Å²) in [5, 5.41) is 1.82. The van der Waals surface area contributed by atoms with E-state index in [0.29, 0.717) is 12.2 Å². The lowest BCUT2D eigenvalue weighted by atomic mass is 10.2. The van der Waals surface area contributed by atoms with Crippen LogP contribution in [0.2, 0.25) is 0 Å². The van der Waals surface area contributed by atoms with Crippen molar-refractivity contribution in [2.24, 2.45) is 0 Å². The van der Waals surface area contributed by atoms with Gasteiger partial charge in [-0.2, -0.15) is 0 Å². The van der Waals surface area contributed by atoms with E-state index in [2.05, 4.69) is 10.3 Å². The highest BCUT2D eigenvalue weighted by atomic mass is 32.2. The van der Waals surface area contributed by atoms with Gasteiger partial charge < -0.3 is 10.1 Å². The average molecular weight is 348 g/mol. The molecular weight excluding hydrogens is 328 g/mol. The Morgan fingerprint density at radius 3 is 2.50 bits per heavy atom. The summed E-state index contributed by atoms with van der Waals surface area (Å²) >= 11 is 0. The second-order valence-electron chi connectivity index (χ2n) is 5.32. The summed E-state index contributed by atoms with van der Waals surface area (Å²) in [4.78, 5) is 16.0.